The predicted octanol–water partition coefficient (Wildman–Crippen LogP) is 2.97. The van der Waals surface area contributed by atoms with Crippen LogP contribution in [0.3, 0.4) is 0 Å². The zero-order valence-corrected chi connectivity index (χ0v) is 13.8. The number of anilines is 1. The Labute approximate surface area is 140 Å². The molecule has 0 spiro atoms. The lowest BCUT2D eigenvalue weighted by Gasteiger charge is -2.14. The Morgan fingerprint density at radius 2 is 1.96 bits per heavy atom. The van der Waals surface area contributed by atoms with Gasteiger partial charge in [-0.3, -0.25) is 0 Å². The molecule has 1 fully saturated rings. The fourth-order valence-electron chi connectivity index (χ4n) is 2.66. The number of aromatic nitrogens is 3. The smallest absolute Gasteiger partial charge is 0.368 e. The van der Waals surface area contributed by atoms with E-state index in [1.807, 2.05) is 0 Å². The zero-order valence-electron chi connectivity index (χ0n) is 13.0. The van der Waals surface area contributed by atoms with Gasteiger partial charge in [0.1, 0.15) is 4.90 Å². The molecule has 0 radical (unpaired) electrons. The lowest BCUT2D eigenvalue weighted by molar-refractivity contribution is -0.144. The van der Waals surface area contributed by atoms with Crippen LogP contribution in [0, 0.1) is 0 Å². The highest BCUT2D eigenvalue weighted by Gasteiger charge is 2.38. The van der Waals surface area contributed by atoms with Crippen LogP contribution in [0.1, 0.15) is 42.6 Å². The van der Waals surface area contributed by atoms with E-state index in [9.17, 15) is 25.5 Å². The minimum Gasteiger partial charge on any atom is -0.368 e. The molecule has 6 nitrogen and oxygen atoms in total. The number of alkyl halides is 3. The fourth-order valence-corrected chi connectivity index (χ4v) is 3.43. The summed E-state index contributed by atoms with van der Waals surface area (Å²) in [6.45, 7) is 1.66. The maximum absolute atomic E-state index is 13.6. The van der Waals surface area contributed by atoms with E-state index in [1.165, 1.54) is 6.07 Å². The van der Waals surface area contributed by atoms with Crippen molar-refractivity contribution in [2.24, 2.45) is 0 Å². The molecule has 0 saturated heterocycles. The number of nitrogen functional groups attached to an aromatic ring is 1. The second-order valence-corrected chi connectivity index (χ2v) is 7.10. The van der Waals surface area contributed by atoms with Crippen molar-refractivity contribution in [1.29, 1.82) is 0 Å². The van der Waals surface area contributed by atoms with Crippen LogP contribution < -0.4 is 5.73 Å². The third kappa shape index (κ3) is 3.32. The van der Waals surface area contributed by atoms with Crippen molar-refractivity contribution in [2.75, 3.05) is 5.73 Å². The molecule has 0 bridgehead atoms. The number of hydrogen-bond donors (Lipinski definition) is 1. The van der Waals surface area contributed by atoms with E-state index in [2.05, 4.69) is 10.1 Å². The number of benzene rings is 1. The molecule has 2 N–H and O–H groups in total. The maximum atomic E-state index is 13.6. The molecule has 0 amide bonds. The molecule has 25 heavy (non-hydrogen) atoms. The summed E-state index contributed by atoms with van der Waals surface area (Å²) < 4.78 is 75.6. The largest absolute Gasteiger partial charge is 0.453 e. The summed E-state index contributed by atoms with van der Waals surface area (Å²) in [6.07, 6.45) is -2.98. The zero-order chi connectivity index (χ0) is 18.6. The predicted molar refractivity (Wildman–Crippen MR) is 80.4 cm³/mol. The summed E-state index contributed by atoms with van der Waals surface area (Å²) in [5, 5.41) is 3.34. The molecule has 1 heterocycles. The number of aryl methyl sites for hydroxylation is 1. The molecule has 1 aliphatic carbocycles. The van der Waals surface area contributed by atoms with E-state index < -0.39 is 33.1 Å². The standard InChI is InChI=1S/C14H14F4N4O2S/c1-2-7-5-9(8-3-4-8)10(6-11(7)25(18,23)24)22-13(19)20-12(21-22)14(15,16)17/h5-6,8H,2-4H2,1H3,(H2,19,20,21). The van der Waals surface area contributed by atoms with Gasteiger partial charge in [-0.05, 0) is 42.4 Å². The van der Waals surface area contributed by atoms with Crippen molar-refractivity contribution in [2.45, 2.75) is 43.2 Å². The molecular formula is C14H14F4N4O2S. The highest BCUT2D eigenvalue weighted by atomic mass is 32.3. The second-order valence-electron chi connectivity index (χ2n) is 5.79. The van der Waals surface area contributed by atoms with Gasteiger partial charge in [0.2, 0.25) is 5.95 Å². The van der Waals surface area contributed by atoms with Crippen molar-refractivity contribution >= 4 is 16.2 Å². The van der Waals surface area contributed by atoms with Crippen molar-refractivity contribution in [3.05, 3.63) is 29.1 Å². The van der Waals surface area contributed by atoms with Gasteiger partial charge in [0.05, 0.1) is 5.69 Å². The Hall–Kier alpha value is -2.17. The van der Waals surface area contributed by atoms with Crippen molar-refractivity contribution in [1.82, 2.24) is 14.8 Å². The van der Waals surface area contributed by atoms with E-state index in [4.69, 9.17) is 5.73 Å². The van der Waals surface area contributed by atoms with Crippen LogP contribution in [0.25, 0.3) is 5.69 Å². The molecule has 136 valence electrons. The Balaban J connectivity index is 2.26. The number of rotatable bonds is 4. The van der Waals surface area contributed by atoms with Crippen LogP contribution in [-0.2, 0) is 22.8 Å². The molecular weight excluding hydrogens is 364 g/mol. The monoisotopic (exact) mass is 378 g/mol. The third-order valence-corrected chi connectivity index (χ3v) is 4.89. The number of halogens is 4. The topological polar surface area (TPSA) is 90.9 Å². The average molecular weight is 378 g/mol. The minimum absolute atomic E-state index is 0.00331. The molecule has 0 unspecified atom stereocenters. The van der Waals surface area contributed by atoms with Gasteiger partial charge in [0, 0.05) is 0 Å². The van der Waals surface area contributed by atoms with Gasteiger partial charge in [-0.1, -0.05) is 13.0 Å². The fraction of sp³-hybridized carbons (Fsp3) is 0.429. The molecule has 1 aromatic carbocycles. The highest BCUT2D eigenvalue weighted by Crippen LogP contribution is 2.44. The Morgan fingerprint density at radius 1 is 1.32 bits per heavy atom. The van der Waals surface area contributed by atoms with Crippen LogP contribution in [0.15, 0.2) is 17.0 Å². The molecule has 3 rings (SSSR count). The first kappa shape index (κ1) is 17.6. The Kier molecular flexibility index (Phi) is 4.01. The van der Waals surface area contributed by atoms with Gasteiger partial charge in [-0.25, -0.2) is 0 Å². The van der Waals surface area contributed by atoms with Crippen molar-refractivity contribution < 1.29 is 25.5 Å². The lowest BCUT2D eigenvalue weighted by Crippen LogP contribution is -2.11. The summed E-state index contributed by atoms with van der Waals surface area (Å²) >= 11 is 0. The van der Waals surface area contributed by atoms with E-state index >= 15 is 0 Å². The van der Waals surface area contributed by atoms with E-state index in [0.717, 1.165) is 18.9 Å². The van der Waals surface area contributed by atoms with Gasteiger partial charge in [0.15, 0.2) is 0 Å². The van der Waals surface area contributed by atoms with Crippen LogP contribution in [0.5, 0.6) is 0 Å². The normalized spacial score (nSPS) is 15.6. The molecule has 0 atom stereocenters. The molecule has 1 aromatic heterocycles. The quantitative estimate of drug-likeness (QED) is 0.652. The number of hydrogen-bond acceptors (Lipinski definition) is 5. The van der Waals surface area contributed by atoms with Gasteiger partial charge >= 0.3 is 16.4 Å². The van der Waals surface area contributed by atoms with Crippen LogP contribution in [0.4, 0.5) is 23.0 Å². The molecule has 2 aromatic rings. The summed E-state index contributed by atoms with van der Waals surface area (Å²) in [4.78, 5) is 2.58. The van der Waals surface area contributed by atoms with E-state index in [-0.39, 0.29) is 23.6 Å². The van der Waals surface area contributed by atoms with Crippen LogP contribution in [0.2, 0.25) is 0 Å². The SMILES string of the molecule is CCc1cc(C2CC2)c(-n2nc(C(F)(F)F)nc2N)cc1S(=O)(=O)F. The van der Waals surface area contributed by atoms with Gasteiger partial charge in [0.25, 0.3) is 5.82 Å². The average Bonchev–Trinajstić information content (AvgIpc) is 3.26. The first-order chi connectivity index (χ1) is 11.5. The minimum atomic E-state index is -5.06. The first-order valence-electron chi connectivity index (χ1n) is 7.44. The summed E-state index contributed by atoms with van der Waals surface area (Å²) in [7, 11) is -5.06. The van der Waals surface area contributed by atoms with Crippen LogP contribution >= 0.6 is 0 Å². The van der Waals surface area contributed by atoms with Gasteiger partial charge < -0.3 is 5.73 Å². The number of nitrogens with zero attached hydrogens (tertiary/aromatic N) is 3. The summed E-state index contributed by atoms with van der Waals surface area (Å²) in [6, 6.07) is 2.47. The molecule has 11 heteroatoms. The summed E-state index contributed by atoms with van der Waals surface area (Å²) in [5.41, 5.74) is 6.36. The Morgan fingerprint density at radius 3 is 2.40 bits per heavy atom. The van der Waals surface area contributed by atoms with E-state index in [1.54, 1.807) is 6.92 Å². The first-order valence-corrected chi connectivity index (χ1v) is 8.82. The molecule has 1 saturated carbocycles. The van der Waals surface area contributed by atoms with Gasteiger partial charge in [-0.2, -0.15) is 31.3 Å². The Bertz CT molecular complexity index is 933. The third-order valence-electron chi connectivity index (χ3n) is 3.98. The van der Waals surface area contributed by atoms with Crippen LogP contribution in [-0.4, -0.2) is 23.2 Å². The van der Waals surface area contributed by atoms with Crippen molar-refractivity contribution in [3.63, 3.8) is 0 Å². The van der Waals surface area contributed by atoms with Crippen molar-refractivity contribution in [3.8, 4) is 5.69 Å². The molecule has 1 aliphatic rings. The second kappa shape index (κ2) is 5.68. The van der Waals surface area contributed by atoms with Gasteiger partial charge in [-0.15, -0.1) is 8.98 Å². The molecule has 0 aliphatic heterocycles. The maximum Gasteiger partial charge on any atom is 0.453 e. The summed E-state index contributed by atoms with van der Waals surface area (Å²) in [5.74, 6) is -1.97. The number of nitrogens with two attached hydrogens (primary N) is 1. The lowest BCUT2D eigenvalue weighted by atomic mass is 10.0. The van der Waals surface area contributed by atoms with E-state index in [0.29, 0.717) is 10.2 Å². The highest BCUT2D eigenvalue weighted by molar-refractivity contribution is 7.86.